The molecule has 122 valence electrons. The van der Waals surface area contributed by atoms with Gasteiger partial charge in [-0.25, -0.2) is 9.38 Å². The lowest BCUT2D eigenvalue weighted by Gasteiger charge is -2.21. The molecule has 0 spiro atoms. The van der Waals surface area contributed by atoms with Crippen molar-refractivity contribution in [1.82, 2.24) is 10.6 Å². The lowest BCUT2D eigenvalue weighted by molar-refractivity contribution is -0.120. The lowest BCUT2D eigenvalue weighted by Crippen LogP contribution is -2.47. The fourth-order valence-electron chi connectivity index (χ4n) is 2.36. The molecule has 2 aromatic carbocycles. The van der Waals surface area contributed by atoms with E-state index in [1.54, 1.807) is 42.5 Å². The minimum Gasteiger partial charge on any atom is -0.296 e. The van der Waals surface area contributed by atoms with Gasteiger partial charge in [0.1, 0.15) is 5.82 Å². The van der Waals surface area contributed by atoms with Crippen LogP contribution in [0.25, 0.3) is 0 Å². The number of rotatable bonds is 2. The van der Waals surface area contributed by atoms with Gasteiger partial charge in [0.2, 0.25) is 11.9 Å². The third-order valence-corrected chi connectivity index (χ3v) is 3.78. The Kier molecular flexibility index (Phi) is 4.57. The topological polar surface area (TPSA) is 70.6 Å². The van der Waals surface area contributed by atoms with E-state index in [2.05, 4.69) is 15.6 Å². The molecule has 0 saturated carbocycles. The molecule has 0 aromatic heterocycles. The second kappa shape index (κ2) is 6.80. The lowest BCUT2D eigenvalue weighted by atomic mass is 10.0. The summed E-state index contributed by atoms with van der Waals surface area (Å²) >= 11 is 5.78. The molecular weight excluding hydrogens is 333 g/mol. The van der Waals surface area contributed by atoms with Gasteiger partial charge in [-0.05, 0) is 30.3 Å². The number of benzene rings is 2. The van der Waals surface area contributed by atoms with Crippen LogP contribution >= 0.6 is 11.6 Å². The van der Waals surface area contributed by atoms with E-state index >= 15 is 0 Å². The molecule has 0 bridgehead atoms. The van der Waals surface area contributed by atoms with Gasteiger partial charge >= 0.3 is 0 Å². The molecule has 1 aliphatic rings. The Morgan fingerprint density at radius 3 is 2.62 bits per heavy atom. The molecule has 0 radical (unpaired) electrons. The van der Waals surface area contributed by atoms with Crippen LogP contribution in [0.1, 0.15) is 28.4 Å². The first-order chi connectivity index (χ1) is 11.5. The number of guanidine groups is 1. The number of nitrogens with zero attached hydrogens (tertiary/aromatic N) is 1. The standard InChI is InChI=1S/C17H13ClFN3O2/c18-11-7-5-10(6-8-11)16(24)22-17-20-14(9-15(23)21-17)12-3-1-2-4-13(12)19/h1-8,14H,9H2,(H2,20,21,22,23,24)/t14-/m1/s1. The van der Waals surface area contributed by atoms with Gasteiger partial charge in [-0.2, -0.15) is 0 Å². The monoisotopic (exact) mass is 345 g/mol. The van der Waals surface area contributed by atoms with Gasteiger partial charge in [-0.15, -0.1) is 0 Å². The number of hydrogen-bond acceptors (Lipinski definition) is 3. The Balaban J connectivity index is 1.81. The minimum absolute atomic E-state index is 0.000506. The van der Waals surface area contributed by atoms with Gasteiger partial charge in [0.15, 0.2) is 0 Å². The Morgan fingerprint density at radius 1 is 1.21 bits per heavy atom. The van der Waals surface area contributed by atoms with Crippen LogP contribution in [0.3, 0.4) is 0 Å². The third kappa shape index (κ3) is 3.60. The molecule has 2 N–H and O–H groups in total. The normalized spacial score (nSPS) is 17.0. The SMILES string of the molecule is O=C1C[C@H](c2ccccc2F)N=C(NC(=O)c2ccc(Cl)cc2)N1. The summed E-state index contributed by atoms with van der Waals surface area (Å²) in [6.07, 6.45) is 0.0151. The molecular formula is C17H13ClFN3O2. The highest BCUT2D eigenvalue weighted by Crippen LogP contribution is 2.25. The fourth-order valence-corrected chi connectivity index (χ4v) is 2.49. The van der Waals surface area contributed by atoms with E-state index in [4.69, 9.17) is 11.6 Å². The summed E-state index contributed by atoms with van der Waals surface area (Å²) in [5, 5.41) is 5.50. The highest BCUT2D eigenvalue weighted by molar-refractivity contribution is 6.30. The van der Waals surface area contributed by atoms with Gasteiger partial charge in [-0.3, -0.25) is 20.2 Å². The number of aliphatic imine (C=N–C) groups is 1. The maximum Gasteiger partial charge on any atom is 0.257 e. The van der Waals surface area contributed by atoms with E-state index in [0.29, 0.717) is 16.1 Å². The molecule has 5 nitrogen and oxygen atoms in total. The third-order valence-electron chi connectivity index (χ3n) is 3.52. The zero-order valence-electron chi connectivity index (χ0n) is 12.4. The number of halogens is 2. The van der Waals surface area contributed by atoms with Crippen LogP contribution in [-0.4, -0.2) is 17.8 Å². The number of carbonyl (C=O) groups excluding carboxylic acids is 2. The molecule has 2 aromatic rings. The molecule has 0 aliphatic carbocycles. The van der Waals surface area contributed by atoms with Gasteiger partial charge in [-0.1, -0.05) is 29.8 Å². The minimum atomic E-state index is -0.680. The molecule has 0 fully saturated rings. The molecule has 2 amide bonds. The molecule has 1 atom stereocenters. The van der Waals surface area contributed by atoms with Crippen molar-refractivity contribution >= 4 is 29.4 Å². The number of hydrogen-bond donors (Lipinski definition) is 2. The van der Waals surface area contributed by atoms with Crippen molar-refractivity contribution in [2.45, 2.75) is 12.5 Å². The van der Waals surface area contributed by atoms with Crippen molar-refractivity contribution < 1.29 is 14.0 Å². The number of amides is 2. The van der Waals surface area contributed by atoms with Crippen molar-refractivity contribution in [1.29, 1.82) is 0 Å². The van der Waals surface area contributed by atoms with E-state index in [1.165, 1.54) is 6.07 Å². The maximum absolute atomic E-state index is 13.9. The first-order valence-corrected chi connectivity index (χ1v) is 7.60. The first-order valence-electron chi connectivity index (χ1n) is 7.22. The van der Waals surface area contributed by atoms with E-state index in [1.807, 2.05) is 0 Å². The van der Waals surface area contributed by atoms with Crippen LogP contribution < -0.4 is 10.6 Å². The van der Waals surface area contributed by atoms with Crippen LogP contribution in [0.2, 0.25) is 5.02 Å². The van der Waals surface area contributed by atoms with Gasteiger partial charge in [0, 0.05) is 16.1 Å². The quantitative estimate of drug-likeness (QED) is 0.878. The highest BCUT2D eigenvalue weighted by Gasteiger charge is 2.25. The van der Waals surface area contributed by atoms with Gasteiger partial charge < -0.3 is 0 Å². The van der Waals surface area contributed by atoms with Crippen molar-refractivity contribution in [3.05, 3.63) is 70.5 Å². The molecule has 7 heteroatoms. The summed E-state index contributed by atoms with van der Waals surface area (Å²) in [7, 11) is 0. The summed E-state index contributed by atoms with van der Waals surface area (Å²) < 4.78 is 13.9. The van der Waals surface area contributed by atoms with E-state index in [-0.39, 0.29) is 18.3 Å². The zero-order chi connectivity index (χ0) is 17.1. The maximum atomic E-state index is 13.9. The van der Waals surface area contributed by atoms with Crippen LogP contribution in [0, 0.1) is 5.82 Å². The summed E-state index contributed by atoms with van der Waals surface area (Å²) in [5.74, 6) is -1.23. The molecule has 3 rings (SSSR count). The largest absolute Gasteiger partial charge is 0.296 e. The number of nitrogens with one attached hydrogen (secondary N) is 2. The Hall–Kier alpha value is -2.73. The summed E-state index contributed by atoms with van der Waals surface area (Å²) in [6.45, 7) is 0. The molecule has 24 heavy (non-hydrogen) atoms. The Labute approximate surface area is 142 Å². The average Bonchev–Trinajstić information content (AvgIpc) is 2.55. The van der Waals surface area contributed by atoms with Crippen molar-refractivity contribution in [2.24, 2.45) is 4.99 Å². The van der Waals surface area contributed by atoms with Crippen molar-refractivity contribution in [3.63, 3.8) is 0 Å². The predicted octanol–water partition coefficient (Wildman–Crippen LogP) is 2.83. The zero-order valence-corrected chi connectivity index (χ0v) is 13.2. The van der Waals surface area contributed by atoms with Gasteiger partial charge in [0.25, 0.3) is 5.91 Å². The number of carbonyl (C=O) groups is 2. The van der Waals surface area contributed by atoms with Gasteiger partial charge in [0.05, 0.1) is 12.5 Å². The summed E-state index contributed by atoms with van der Waals surface area (Å²) in [6, 6.07) is 11.7. The second-order valence-electron chi connectivity index (χ2n) is 5.23. The van der Waals surface area contributed by atoms with E-state index in [9.17, 15) is 14.0 Å². The summed E-state index contributed by atoms with van der Waals surface area (Å²) in [5.41, 5.74) is 0.676. The molecule has 1 heterocycles. The molecule has 0 saturated heterocycles. The van der Waals surface area contributed by atoms with E-state index in [0.717, 1.165) is 0 Å². The average molecular weight is 346 g/mol. The fraction of sp³-hybridized carbons (Fsp3) is 0.118. The van der Waals surface area contributed by atoms with Crippen LogP contribution in [0.5, 0.6) is 0 Å². The molecule has 0 unspecified atom stereocenters. The molecule has 1 aliphatic heterocycles. The first kappa shape index (κ1) is 16.1. The summed E-state index contributed by atoms with van der Waals surface area (Å²) in [4.78, 5) is 28.3. The second-order valence-corrected chi connectivity index (χ2v) is 5.66. The predicted molar refractivity (Wildman–Crippen MR) is 88.3 cm³/mol. The van der Waals surface area contributed by atoms with Crippen molar-refractivity contribution in [3.8, 4) is 0 Å². The highest BCUT2D eigenvalue weighted by atomic mass is 35.5. The Bertz CT molecular complexity index is 821. The van der Waals surface area contributed by atoms with Crippen LogP contribution in [0.15, 0.2) is 53.5 Å². The van der Waals surface area contributed by atoms with Crippen molar-refractivity contribution in [2.75, 3.05) is 0 Å². The Morgan fingerprint density at radius 2 is 1.92 bits per heavy atom. The smallest absolute Gasteiger partial charge is 0.257 e. The van der Waals surface area contributed by atoms with E-state index < -0.39 is 17.8 Å². The van der Waals surface area contributed by atoms with Crippen LogP contribution in [-0.2, 0) is 4.79 Å². The van der Waals surface area contributed by atoms with Crippen LogP contribution in [0.4, 0.5) is 4.39 Å².